The molecule has 0 radical (unpaired) electrons. The Labute approximate surface area is 153 Å². The van der Waals surface area contributed by atoms with Crippen LogP contribution < -0.4 is 15.8 Å². The van der Waals surface area contributed by atoms with Crippen LogP contribution in [0.5, 0.6) is 5.75 Å². The summed E-state index contributed by atoms with van der Waals surface area (Å²) in [5.41, 5.74) is -3.88. The molecule has 1 aromatic carbocycles. The predicted molar refractivity (Wildman–Crippen MR) is 92.8 cm³/mol. The van der Waals surface area contributed by atoms with E-state index >= 15 is 0 Å². The van der Waals surface area contributed by atoms with Gasteiger partial charge in [-0.1, -0.05) is 18.2 Å². The average molecular weight is 400 g/mol. The number of alkyl halides is 1. The number of halogens is 1. The van der Waals surface area contributed by atoms with E-state index in [0.717, 1.165) is 23.8 Å². The highest BCUT2D eigenvalue weighted by molar-refractivity contribution is 7.33. The molecule has 0 saturated carbocycles. The molecule has 1 fully saturated rings. The van der Waals surface area contributed by atoms with E-state index in [2.05, 4.69) is 0 Å². The fraction of sp³-hybridized carbons (Fsp3) is 0.375. The van der Waals surface area contributed by atoms with Crippen LogP contribution in [0, 0.1) is 0 Å². The second-order valence-corrected chi connectivity index (χ2v) is 7.11. The van der Waals surface area contributed by atoms with Gasteiger partial charge >= 0.3 is 13.9 Å². The number of nitrogens with one attached hydrogen (secondary N) is 1. The van der Waals surface area contributed by atoms with Crippen LogP contribution in [0.25, 0.3) is 0 Å². The number of ether oxygens (including phenoxy) is 1. The Hall–Kier alpha value is -2.26. The van der Waals surface area contributed by atoms with Gasteiger partial charge in [0.15, 0.2) is 11.9 Å². The van der Waals surface area contributed by atoms with Gasteiger partial charge in [0.25, 0.3) is 5.56 Å². The minimum atomic E-state index is -2.96. The van der Waals surface area contributed by atoms with Crippen molar-refractivity contribution >= 4 is 8.25 Å². The third-order valence-electron chi connectivity index (χ3n) is 4.13. The monoisotopic (exact) mass is 400 g/mol. The number of benzene rings is 1. The predicted octanol–water partition coefficient (Wildman–Crippen LogP) is 1.01. The summed E-state index contributed by atoms with van der Waals surface area (Å²) in [5.74, 6) is 0.335. The van der Waals surface area contributed by atoms with Gasteiger partial charge in [0.2, 0.25) is 0 Å². The summed E-state index contributed by atoms with van der Waals surface area (Å²) in [6, 6.07) is 9.34. The Kier molecular flexibility index (Phi) is 5.61. The maximum Gasteiger partial charge on any atom is 0.367 e. The molecule has 27 heavy (non-hydrogen) atoms. The number of aliphatic hydroxyl groups is 1. The van der Waals surface area contributed by atoms with Crippen molar-refractivity contribution in [2.45, 2.75) is 31.0 Å². The van der Waals surface area contributed by atoms with Crippen LogP contribution in [0.3, 0.4) is 0 Å². The zero-order valence-electron chi connectivity index (χ0n) is 14.2. The normalized spacial score (nSPS) is 28.8. The SMILES string of the molecule is C[C@@]1(F)[C@H](O)[C@@H](CO[PH](=O)Oc2ccccc2)O[C@H]1n1ccc(=O)[nH]c1=O. The van der Waals surface area contributed by atoms with E-state index < -0.39 is 50.2 Å². The Morgan fingerprint density at radius 2 is 2.04 bits per heavy atom. The number of aromatic nitrogens is 2. The summed E-state index contributed by atoms with van der Waals surface area (Å²) in [4.78, 5) is 25.0. The molecule has 9 nitrogen and oxygen atoms in total. The highest BCUT2D eigenvalue weighted by atomic mass is 31.1. The lowest BCUT2D eigenvalue weighted by Crippen LogP contribution is -2.43. The smallest absolute Gasteiger partial charge is 0.367 e. The number of para-hydroxylation sites is 1. The number of H-pyrrole nitrogens is 1. The topological polar surface area (TPSA) is 120 Å². The third-order valence-corrected chi connectivity index (χ3v) is 4.94. The second kappa shape index (κ2) is 7.77. The van der Waals surface area contributed by atoms with Gasteiger partial charge in [-0.05, 0) is 19.1 Å². The zero-order valence-corrected chi connectivity index (χ0v) is 15.2. The molecule has 1 aliphatic heterocycles. The van der Waals surface area contributed by atoms with Crippen molar-refractivity contribution in [1.29, 1.82) is 0 Å². The van der Waals surface area contributed by atoms with Gasteiger partial charge in [-0.25, -0.2) is 13.8 Å². The van der Waals surface area contributed by atoms with Crippen LogP contribution in [0.1, 0.15) is 13.2 Å². The van der Waals surface area contributed by atoms with Gasteiger partial charge in [0.1, 0.15) is 18.0 Å². The van der Waals surface area contributed by atoms with Crippen LogP contribution in [-0.2, 0) is 13.8 Å². The molecule has 2 N–H and O–H groups in total. The molecule has 5 atom stereocenters. The highest BCUT2D eigenvalue weighted by Gasteiger charge is 2.55. The van der Waals surface area contributed by atoms with Crippen molar-refractivity contribution in [1.82, 2.24) is 9.55 Å². The van der Waals surface area contributed by atoms with Gasteiger partial charge in [-0.3, -0.25) is 18.9 Å². The molecule has 0 bridgehead atoms. The molecule has 0 amide bonds. The number of hydrogen-bond acceptors (Lipinski definition) is 7. The van der Waals surface area contributed by atoms with Crippen LogP contribution in [0.4, 0.5) is 4.39 Å². The highest BCUT2D eigenvalue weighted by Crippen LogP contribution is 2.41. The van der Waals surface area contributed by atoms with Gasteiger partial charge in [0, 0.05) is 12.3 Å². The molecule has 1 saturated heterocycles. The first-order valence-corrected chi connectivity index (χ1v) is 9.25. The van der Waals surface area contributed by atoms with E-state index in [4.69, 9.17) is 13.8 Å². The van der Waals surface area contributed by atoms with Gasteiger partial charge in [-0.15, -0.1) is 0 Å². The molecule has 1 unspecified atom stereocenters. The van der Waals surface area contributed by atoms with Crippen LogP contribution in [0.2, 0.25) is 0 Å². The lowest BCUT2D eigenvalue weighted by Gasteiger charge is -2.24. The van der Waals surface area contributed by atoms with E-state index in [9.17, 15) is 23.7 Å². The Bertz CT molecular complexity index is 930. The van der Waals surface area contributed by atoms with Gasteiger partial charge in [0.05, 0.1) is 6.61 Å². The molecule has 1 aromatic heterocycles. The lowest BCUT2D eigenvalue weighted by molar-refractivity contribution is -0.0586. The summed E-state index contributed by atoms with van der Waals surface area (Å²) in [6.07, 6.45) is -3.28. The lowest BCUT2D eigenvalue weighted by atomic mass is 9.98. The Morgan fingerprint density at radius 1 is 1.33 bits per heavy atom. The first kappa shape index (κ1) is 19.5. The zero-order chi connectivity index (χ0) is 19.6. The number of rotatable bonds is 6. The van der Waals surface area contributed by atoms with Crippen molar-refractivity contribution in [3.8, 4) is 5.75 Å². The molecule has 11 heteroatoms. The van der Waals surface area contributed by atoms with E-state index in [1.54, 1.807) is 30.3 Å². The van der Waals surface area contributed by atoms with Crippen molar-refractivity contribution in [2.75, 3.05) is 6.61 Å². The first-order valence-electron chi connectivity index (χ1n) is 8.02. The van der Waals surface area contributed by atoms with Crippen LogP contribution >= 0.6 is 8.25 Å². The largest absolute Gasteiger partial charge is 0.426 e. The van der Waals surface area contributed by atoms with Crippen molar-refractivity contribution in [3.63, 3.8) is 0 Å². The summed E-state index contributed by atoms with van der Waals surface area (Å²) >= 11 is 0. The molecule has 0 spiro atoms. The fourth-order valence-electron chi connectivity index (χ4n) is 2.73. The van der Waals surface area contributed by atoms with E-state index in [-0.39, 0.29) is 0 Å². The molecule has 0 aliphatic carbocycles. The molecule has 146 valence electrons. The average Bonchev–Trinajstić information content (AvgIpc) is 2.84. The number of nitrogens with zero attached hydrogens (tertiary/aromatic N) is 1. The maximum atomic E-state index is 15.0. The fourth-order valence-corrected chi connectivity index (χ4v) is 3.41. The summed E-state index contributed by atoms with van der Waals surface area (Å²) in [7, 11) is -2.96. The summed E-state index contributed by atoms with van der Waals surface area (Å²) in [6.45, 7) is 0.642. The van der Waals surface area contributed by atoms with Gasteiger partial charge < -0.3 is 14.4 Å². The molecule has 2 aromatic rings. The third kappa shape index (κ3) is 4.19. The summed E-state index contributed by atoms with van der Waals surface area (Å²) in [5, 5.41) is 10.2. The Balaban J connectivity index is 1.68. The summed E-state index contributed by atoms with van der Waals surface area (Å²) < 4.78 is 43.3. The Morgan fingerprint density at radius 3 is 2.70 bits per heavy atom. The van der Waals surface area contributed by atoms with Crippen molar-refractivity contribution in [3.05, 3.63) is 63.4 Å². The van der Waals surface area contributed by atoms with E-state index in [1.807, 2.05) is 4.98 Å². The molecule has 2 heterocycles. The quantitative estimate of drug-likeness (QED) is 0.695. The van der Waals surface area contributed by atoms with Crippen molar-refractivity contribution < 1.29 is 27.8 Å². The number of aromatic amines is 1. The molecule has 1 aliphatic rings. The van der Waals surface area contributed by atoms with E-state index in [0.29, 0.717) is 5.75 Å². The number of aliphatic hydroxyl groups excluding tert-OH is 1. The standard InChI is InChI=1S/C16H18FN2O7P/c1-16(17)13(21)11(9-24-27(23)26-10-5-3-2-4-6-10)25-14(16)19-8-7-12(20)18-15(19)22/h2-8,11,13-14,21,27H,9H2,1H3,(H,18,20,22)/t11-,13-,14-,16-/m1/s1. The van der Waals surface area contributed by atoms with Gasteiger partial charge in [-0.2, -0.15) is 0 Å². The van der Waals surface area contributed by atoms with Crippen molar-refractivity contribution in [2.24, 2.45) is 0 Å². The maximum absolute atomic E-state index is 15.0. The van der Waals surface area contributed by atoms with Crippen LogP contribution in [0.15, 0.2) is 52.2 Å². The van der Waals surface area contributed by atoms with Crippen LogP contribution in [-0.4, -0.2) is 39.1 Å². The minimum absolute atomic E-state index is 0.335. The second-order valence-electron chi connectivity index (χ2n) is 6.12. The minimum Gasteiger partial charge on any atom is -0.426 e. The van der Waals surface area contributed by atoms with E-state index in [1.165, 1.54) is 0 Å². The molecular formula is C16H18FN2O7P. The first-order chi connectivity index (χ1) is 12.8. The molecule has 3 rings (SSSR count). The number of hydrogen-bond donors (Lipinski definition) is 2. The molecular weight excluding hydrogens is 382 g/mol.